The second-order valence-corrected chi connectivity index (χ2v) is 6.18. The van der Waals surface area contributed by atoms with E-state index >= 15 is 0 Å². The van der Waals surface area contributed by atoms with Crippen molar-refractivity contribution in [3.63, 3.8) is 0 Å². The van der Waals surface area contributed by atoms with Gasteiger partial charge in [0, 0.05) is 18.0 Å². The van der Waals surface area contributed by atoms with Crippen molar-refractivity contribution >= 4 is 17.6 Å². The first-order chi connectivity index (χ1) is 12.7. The summed E-state index contributed by atoms with van der Waals surface area (Å²) < 4.78 is 12.6. The number of rotatable bonds is 5. The van der Waals surface area contributed by atoms with Crippen molar-refractivity contribution in [1.82, 2.24) is 4.68 Å². The molecule has 0 saturated heterocycles. The molecule has 0 atom stereocenters. The minimum atomic E-state index is 0.219. The van der Waals surface area contributed by atoms with Crippen molar-refractivity contribution in [2.75, 3.05) is 21.3 Å². The van der Waals surface area contributed by atoms with E-state index in [1.165, 1.54) is 11.3 Å². The van der Waals surface area contributed by atoms with Crippen molar-refractivity contribution in [3.05, 3.63) is 58.2 Å². The van der Waals surface area contributed by atoms with Crippen molar-refractivity contribution in [3.8, 4) is 28.5 Å². The summed E-state index contributed by atoms with van der Waals surface area (Å²) in [5.74, 6) is 1.67. The van der Waals surface area contributed by atoms with E-state index in [-0.39, 0.29) is 5.75 Å². The van der Waals surface area contributed by atoms with Gasteiger partial charge in [-0.1, -0.05) is 0 Å². The Kier molecular flexibility index (Phi) is 5.38. The van der Waals surface area contributed by atoms with Crippen molar-refractivity contribution in [2.24, 2.45) is 10.1 Å². The third kappa shape index (κ3) is 3.62. The standard InChI is InChI=1S/C19H19N3O3S/c1-20-19-22(21-11-13-4-6-14(23)7-5-13)17(12-26-19)16-10-15(24-2)8-9-18(16)25-3/h4-12,23H,1-3H3. The Balaban J connectivity index is 2.10. The topological polar surface area (TPSA) is 68.3 Å². The molecule has 0 aliphatic heterocycles. The highest BCUT2D eigenvalue weighted by atomic mass is 32.1. The van der Waals surface area contributed by atoms with Gasteiger partial charge in [-0.05, 0) is 48.0 Å². The molecule has 0 aliphatic rings. The van der Waals surface area contributed by atoms with E-state index < -0.39 is 0 Å². The predicted octanol–water partition coefficient (Wildman–Crippen LogP) is 3.35. The lowest BCUT2D eigenvalue weighted by atomic mass is 10.1. The largest absolute Gasteiger partial charge is 0.508 e. The number of aromatic nitrogens is 1. The van der Waals surface area contributed by atoms with E-state index in [1.54, 1.807) is 56.4 Å². The molecule has 1 heterocycles. The van der Waals surface area contributed by atoms with Crippen LogP contribution in [0, 0.1) is 0 Å². The molecule has 0 amide bonds. The van der Waals surface area contributed by atoms with E-state index in [1.807, 2.05) is 23.6 Å². The molecule has 3 rings (SSSR count). The molecule has 0 fully saturated rings. The molecular formula is C19H19N3O3S. The first-order valence-corrected chi connectivity index (χ1v) is 8.73. The maximum Gasteiger partial charge on any atom is 0.205 e. The molecule has 0 spiro atoms. The number of hydrogen-bond acceptors (Lipinski definition) is 6. The Labute approximate surface area is 155 Å². The lowest BCUT2D eigenvalue weighted by molar-refractivity contribution is 0.404. The average Bonchev–Trinajstić information content (AvgIpc) is 3.09. The number of nitrogens with zero attached hydrogens (tertiary/aromatic N) is 3. The summed E-state index contributed by atoms with van der Waals surface area (Å²) in [6.45, 7) is 0. The van der Waals surface area contributed by atoms with E-state index in [2.05, 4.69) is 10.1 Å². The van der Waals surface area contributed by atoms with Crippen molar-refractivity contribution in [1.29, 1.82) is 0 Å². The fourth-order valence-corrected chi connectivity index (χ4v) is 3.24. The summed E-state index contributed by atoms with van der Waals surface area (Å²) in [5.41, 5.74) is 2.58. The number of phenolic OH excluding ortho intramolecular Hbond substituents is 1. The lowest BCUT2D eigenvalue weighted by Gasteiger charge is -2.11. The minimum absolute atomic E-state index is 0.219. The van der Waals surface area contributed by atoms with Gasteiger partial charge in [-0.25, -0.2) is 4.68 Å². The van der Waals surface area contributed by atoms with Crippen LogP contribution in [-0.2, 0) is 0 Å². The second kappa shape index (κ2) is 7.88. The number of methoxy groups -OCH3 is 2. The molecule has 1 N–H and O–H groups in total. The molecule has 0 aliphatic carbocycles. The number of hydrogen-bond donors (Lipinski definition) is 1. The molecule has 3 aromatic rings. The predicted molar refractivity (Wildman–Crippen MR) is 103 cm³/mol. The van der Waals surface area contributed by atoms with Gasteiger partial charge in [-0.15, -0.1) is 11.3 Å². The second-order valence-electron chi connectivity index (χ2n) is 5.34. The molecule has 26 heavy (non-hydrogen) atoms. The number of ether oxygens (including phenoxy) is 2. The van der Waals surface area contributed by atoms with Crippen LogP contribution in [0.25, 0.3) is 11.3 Å². The fourth-order valence-electron chi connectivity index (χ4n) is 2.45. The average molecular weight is 369 g/mol. The van der Waals surface area contributed by atoms with Crippen molar-refractivity contribution < 1.29 is 14.6 Å². The molecule has 134 valence electrons. The highest BCUT2D eigenvalue weighted by Gasteiger charge is 2.13. The summed E-state index contributed by atoms with van der Waals surface area (Å²) in [4.78, 5) is 5.05. The maximum absolute atomic E-state index is 9.40. The molecule has 2 aromatic carbocycles. The SMILES string of the molecule is CN=c1scc(-c2cc(OC)ccc2OC)n1N=Cc1ccc(O)cc1. The molecular weight excluding hydrogens is 350 g/mol. The highest BCUT2D eigenvalue weighted by Crippen LogP contribution is 2.33. The summed E-state index contributed by atoms with van der Waals surface area (Å²) in [6.07, 6.45) is 1.72. The van der Waals surface area contributed by atoms with Crippen LogP contribution in [-0.4, -0.2) is 37.3 Å². The van der Waals surface area contributed by atoms with E-state index in [0.29, 0.717) is 0 Å². The van der Waals surface area contributed by atoms with Gasteiger partial charge in [0.15, 0.2) is 0 Å². The van der Waals surface area contributed by atoms with Crippen LogP contribution in [0.15, 0.2) is 57.9 Å². The van der Waals surface area contributed by atoms with Crippen LogP contribution in [0.5, 0.6) is 17.2 Å². The van der Waals surface area contributed by atoms with E-state index in [9.17, 15) is 5.11 Å². The van der Waals surface area contributed by atoms with Crippen molar-refractivity contribution in [2.45, 2.75) is 0 Å². The van der Waals surface area contributed by atoms with Gasteiger partial charge in [-0.3, -0.25) is 4.99 Å². The Hall–Kier alpha value is -3.06. The van der Waals surface area contributed by atoms with Crippen LogP contribution >= 0.6 is 11.3 Å². The molecule has 6 nitrogen and oxygen atoms in total. The van der Waals surface area contributed by atoms with Gasteiger partial charge in [-0.2, -0.15) is 5.10 Å². The summed E-state index contributed by atoms with van der Waals surface area (Å²) in [6, 6.07) is 12.5. The summed E-state index contributed by atoms with van der Waals surface area (Å²) in [7, 11) is 4.99. The van der Waals surface area contributed by atoms with Gasteiger partial charge in [0.25, 0.3) is 0 Å². The number of phenols is 1. The van der Waals surface area contributed by atoms with Crippen LogP contribution < -0.4 is 14.3 Å². The third-order valence-electron chi connectivity index (χ3n) is 3.77. The molecule has 0 radical (unpaired) electrons. The molecule has 0 unspecified atom stereocenters. The third-order valence-corrected chi connectivity index (χ3v) is 4.68. The Morgan fingerprint density at radius 3 is 2.50 bits per heavy atom. The van der Waals surface area contributed by atoms with Crippen LogP contribution in [0.3, 0.4) is 0 Å². The first-order valence-electron chi connectivity index (χ1n) is 7.85. The molecule has 7 heteroatoms. The Morgan fingerprint density at radius 1 is 1.08 bits per heavy atom. The maximum atomic E-state index is 9.40. The van der Waals surface area contributed by atoms with Gasteiger partial charge < -0.3 is 14.6 Å². The van der Waals surface area contributed by atoms with Gasteiger partial charge in [0.1, 0.15) is 17.2 Å². The quantitative estimate of drug-likeness (QED) is 0.701. The van der Waals surface area contributed by atoms with Gasteiger partial charge >= 0.3 is 0 Å². The monoisotopic (exact) mass is 369 g/mol. The Morgan fingerprint density at radius 2 is 1.85 bits per heavy atom. The van der Waals surface area contributed by atoms with Crippen LogP contribution in [0.1, 0.15) is 5.56 Å². The Bertz CT molecular complexity index is 988. The zero-order valence-electron chi connectivity index (χ0n) is 14.7. The molecule has 0 saturated carbocycles. The number of aromatic hydroxyl groups is 1. The molecule has 1 aromatic heterocycles. The van der Waals surface area contributed by atoms with E-state index in [0.717, 1.165) is 33.1 Å². The number of benzene rings is 2. The zero-order chi connectivity index (χ0) is 18.5. The molecule has 0 bridgehead atoms. The number of thiazole rings is 1. The lowest BCUT2D eigenvalue weighted by Crippen LogP contribution is -2.11. The van der Waals surface area contributed by atoms with Crippen LogP contribution in [0.2, 0.25) is 0 Å². The highest BCUT2D eigenvalue weighted by molar-refractivity contribution is 7.07. The van der Waals surface area contributed by atoms with Gasteiger partial charge in [0.2, 0.25) is 4.80 Å². The normalized spacial score (nSPS) is 11.9. The summed E-state index contributed by atoms with van der Waals surface area (Å²) in [5, 5.41) is 16.0. The first kappa shape index (κ1) is 17.8. The van der Waals surface area contributed by atoms with E-state index in [4.69, 9.17) is 9.47 Å². The van der Waals surface area contributed by atoms with Crippen LogP contribution in [0.4, 0.5) is 0 Å². The smallest absolute Gasteiger partial charge is 0.205 e. The van der Waals surface area contributed by atoms with Gasteiger partial charge in [0.05, 0.1) is 26.1 Å². The zero-order valence-corrected chi connectivity index (χ0v) is 15.5. The fraction of sp³-hybridized carbons (Fsp3) is 0.158. The minimum Gasteiger partial charge on any atom is -0.508 e. The summed E-state index contributed by atoms with van der Waals surface area (Å²) >= 11 is 1.49.